The molecule has 1 aliphatic carbocycles. The molecule has 1 aromatic rings. The summed E-state index contributed by atoms with van der Waals surface area (Å²) >= 11 is 0. The first-order valence-electron chi connectivity index (χ1n) is 5.62. The minimum Gasteiger partial charge on any atom is -0.453 e. The standard InChI is InChI=1S/C14H14O2/c15-14(16-13-8-4-5-9-13)11-10-12-6-2-1-3-7-12/h1-3,6-7,13H,4-5,8-9H2. The van der Waals surface area contributed by atoms with E-state index in [-0.39, 0.29) is 6.10 Å². The van der Waals surface area contributed by atoms with Crippen LogP contribution in [0.1, 0.15) is 31.2 Å². The quantitative estimate of drug-likeness (QED) is 0.530. The van der Waals surface area contributed by atoms with Gasteiger partial charge in [-0.3, -0.25) is 0 Å². The van der Waals surface area contributed by atoms with E-state index in [1.165, 1.54) is 0 Å². The predicted octanol–water partition coefficient (Wildman–Crippen LogP) is 2.52. The average Bonchev–Trinajstić information content (AvgIpc) is 2.81. The summed E-state index contributed by atoms with van der Waals surface area (Å²) in [6.45, 7) is 0. The van der Waals surface area contributed by atoms with Crippen molar-refractivity contribution >= 4 is 5.97 Å². The van der Waals surface area contributed by atoms with Gasteiger partial charge < -0.3 is 4.74 Å². The number of benzene rings is 1. The van der Waals surface area contributed by atoms with E-state index >= 15 is 0 Å². The molecule has 1 aromatic carbocycles. The Morgan fingerprint density at radius 3 is 2.56 bits per heavy atom. The maximum absolute atomic E-state index is 11.4. The summed E-state index contributed by atoms with van der Waals surface area (Å²) in [5.74, 6) is 4.90. The van der Waals surface area contributed by atoms with Crippen molar-refractivity contribution in [3.63, 3.8) is 0 Å². The third kappa shape index (κ3) is 3.13. The van der Waals surface area contributed by atoms with Gasteiger partial charge in [0, 0.05) is 11.5 Å². The largest absolute Gasteiger partial charge is 0.453 e. The molecule has 2 rings (SSSR count). The second kappa shape index (κ2) is 5.37. The molecule has 0 atom stereocenters. The molecule has 0 spiro atoms. The lowest BCUT2D eigenvalue weighted by molar-refractivity contribution is -0.141. The summed E-state index contributed by atoms with van der Waals surface area (Å²) in [4.78, 5) is 11.4. The smallest absolute Gasteiger partial charge is 0.384 e. The highest BCUT2D eigenvalue weighted by Gasteiger charge is 2.17. The average molecular weight is 214 g/mol. The summed E-state index contributed by atoms with van der Waals surface area (Å²) in [6, 6.07) is 9.45. The topological polar surface area (TPSA) is 26.3 Å². The summed E-state index contributed by atoms with van der Waals surface area (Å²) in [7, 11) is 0. The van der Waals surface area contributed by atoms with E-state index in [0.29, 0.717) is 0 Å². The molecule has 0 unspecified atom stereocenters. The Balaban J connectivity index is 1.89. The fraction of sp³-hybridized carbons (Fsp3) is 0.357. The van der Waals surface area contributed by atoms with Crippen LogP contribution in [-0.2, 0) is 9.53 Å². The van der Waals surface area contributed by atoms with Gasteiger partial charge in [-0.2, -0.15) is 0 Å². The first kappa shape index (κ1) is 10.8. The third-order valence-corrected chi connectivity index (χ3v) is 2.66. The van der Waals surface area contributed by atoms with Gasteiger partial charge in [-0.05, 0) is 37.8 Å². The van der Waals surface area contributed by atoms with Crippen LogP contribution in [-0.4, -0.2) is 12.1 Å². The number of hydrogen-bond donors (Lipinski definition) is 0. The lowest BCUT2D eigenvalue weighted by Gasteiger charge is -2.06. The van der Waals surface area contributed by atoms with Crippen LogP contribution in [0.5, 0.6) is 0 Å². The number of esters is 1. The number of carbonyl (C=O) groups is 1. The molecule has 1 aliphatic rings. The molecule has 16 heavy (non-hydrogen) atoms. The van der Waals surface area contributed by atoms with Crippen molar-refractivity contribution in [3.05, 3.63) is 35.9 Å². The van der Waals surface area contributed by atoms with Gasteiger partial charge in [-0.1, -0.05) is 24.1 Å². The molecule has 1 fully saturated rings. The van der Waals surface area contributed by atoms with Crippen LogP contribution < -0.4 is 0 Å². The predicted molar refractivity (Wildman–Crippen MR) is 61.7 cm³/mol. The second-order valence-corrected chi connectivity index (χ2v) is 3.93. The molecule has 0 N–H and O–H groups in total. The van der Waals surface area contributed by atoms with E-state index in [1.54, 1.807) is 0 Å². The van der Waals surface area contributed by atoms with Crippen molar-refractivity contribution in [3.8, 4) is 11.8 Å². The van der Waals surface area contributed by atoms with Gasteiger partial charge in [0.1, 0.15) is 6.10 Å². The zero-order chi connectivity index (χ0) is 11.2. The normalized spacial score (nSPS) is 15.2. The Labute approximate surface area is 95.6 Å². The van der Waals surface area contributed by atoms with Crippen molar-refractivity contribution in [1.82, 2.24) is 0 Å². The number of carbonyl (C=O) groups excluding carboxylic acids is 1. The lowest BCUT2D eigenvalue weighted by Crippen LogP contribution is -2.12. The molecule has 0 amide bonds. The van der Waals surface area contributed by atoms with E-state index in [4.69, 9.17) is 4.74 Å². The molecule has 0 bridgehead atoms. The van der Waals surface area contributed by atoms with Crippen molar-refractivity contribution in [1.29, 1.82) is 0 Å². The van der Waals surface area contributed by atoms with Gasteiger partial charge in [0.25, 0.3) is 0 Å². The molecule has 0 radical (unpaired) electrons. The van der Waals surface area contributed by atoms with E-state index in [2.05, 4.69) is 11.8 Å². The molecule has 0 saturated heterocycles. The summed E-state index contributed by atoms with van der Waals surface area (Å²) in [6.07, 6.45) is 4.38. The molecular weight excluding hydrogens is 200 g/mol. The maximum Gasteiger partial charge on any atom is 0.384 e. The molecular formula is C14H14O2. The van der Waals surface area contributed by atoms with E-state index in [1.807, 2.05) is 30.3 Å². The van der Waals surface area contributed by atoms with Crippen LogP contribution in [0, 0.1) is 11.8 Å². The van der Waals surface area contributed by atoms with Crippen LogP contribution in [0.4, 0.5) is 0 Å². The Kier molecular flexibility index (Phi) is 3.61. The Bertz CT molecular complexity index is 405. The fourth-order valence-corrected chi connectivity index (χ4v) is 1.83. The second-order valence-electron chi connectivity index (χ2n) is 3.93. The summed E-state index contributed by atoms with van der Waals surface area (Å²) in [5, 5.41) is 0. The Morgan fingerprint density at radius 1 is 1.19 bits per heavy atom. The highest BCUT2D eigenvalue weighted by atomic mass is 16.5. The van der Waals surface area contributed by atoms with Gasteiger partial charge in [0.2, 0.25) is 0 Å². The van der Waals surface area contributed by atoms with Crippen molar-refractivity contribution < 1.29 is 9.53 Å². The Morgan fingerprint density at radius 2 is 1.88 bits per heavy atom. The third-order valence-electron chi connectivity index (χ3n) is 2.66. The fourth-order valence-electron chi connectivity index (χ4n) is 1.83. The van der Waals surface area contributed by atoms with Gasteiger partial charge >= 0.3 is 5.97 Å². The molecule has 2 nitrogen and oxygen atoms in total. The van der Waals surface area contributed by atoms with Crippen LogP contribution in [0.25, 0.3) is 0 Å². The minimum atomic E-state index is -0.407. The van der Waals surface area contributed by atoms with Crippen molar-refractivity contribution in [2.24, 2.45) is 0 Å². The van der Waals surface area contributed by atoms with Gasteiger partial charge in [-0.15, -0.1) is 0 Å². The molecule has 0 aliphatic heterocycles. The highest BCUT2D eigenvalue weighted by Crippen LogP contribution is 2.20. The van der Waals surface area contributed by atoms with E-state index in [0.717, 1.165) is 31.2 Å². The molecule has 82 valence electrons. The highest BCUT2D eigenvalue weighted by molar-refractivity contribution is 5.89. The first-order valence-corrected chi connectivity index (χ1v) is 5.62. The maximum atomic E-state index is 11.4. The molecule has 0 aromatic heterocycles. The van der Waals surface area contributed by atoms with Crippen LogP contribution >= 0.6 is 0 Å². The first-order chi connectivity index (χ1) is 7.84. The van der Waals surface area contributed by atoms with Crippen LogP contribution in [0.3, 0.4) is 0 Å². The minimum absolute atomic E-state index is 0.0950. The zero-order valence-electron chi connectivity index (χ0n) is 9.11. The number of rotatable bonds is 1. The lowest BCUT2D eigenvalue weighted by atomic mass is 10.2. The monoisotopic (exact) mass is 214 g/mol. The van der Waals surface area contributed by atoms with Crippen LogP contribution in [0.15, 0.2) is 30.3 Å². The number of ether oxygens (including phenoxy) is 1. The summed E-state index contributed by atoms with van der Waals surface area (Å²) < 4.78 is 5.22. The molecule has 2 heteroatoms. The van der Waals surface area contributed by atoms with E-state index in [9.17, 15) is 4.79 Å². The van der Waals surface area contributed by atoms with Crippen LogP contribution in [0.2, 0.25) is 0 Å². The van der Waals surface area contributed by atoms with Gasteiger partial charge in [0.15, 0.2) is 0 Å². The molecule has 0 heterocycles. The Hall–Kier alpha value is -1.75. The van der Waals surface area contributed by atoms with Crippen molar-refractivity contribution in [2.45, 2.75) is 31.8 Å². The van der Waals surface area contributed by atoms with E-state index < -0.39 is 5.97 Å². The zero-order valence-corrected chi connectivity index (χ0v) is 9.11. The van der Waals surface area contributed by atoms with Crippen molar-refractivity contribution in [2.75, 3.05) is 0 Å². The van der Waals surface area contributed by atoms with Gasteiger partial charge in [0.05, 0.1) is 0 Å². The molecule has 1 saturated carbocycles. The number of hydrogen-bond acceptors (Lipinski definition) is 2. The summed E-state index contributed by atoms with van der Waals surface area (Å²) in [5.41, 5.74) is 0.839. The van der Waals surface area contributed by atoms with Gasteiger partial charge in [-0.25, -0.2) is 4.79 Å². The SMILES string of the molecule is O=C(C#Cc1ccccc1)OC1CCCC1.